The molecular weight excluding hydrogens is 395 g/mol. The molecule has 0 bridgehead atoms. The number of benzene rings is 3. The van der Waals surface area contributed by atoms with Crippen LogP contribution in [0.15, 0.2) is 84.4 Å². The standard InChI is InChI=1S/C25H23FN2O3/c1-17(24(29)27-2)23(31-16-18-6-4-3-5-7-18)19-10-14-22(15-11-19)28-25(30)20-8-12-21(26)13-9-20/h3-15H,16H2,1-2H3,(H,27,29)(H,28,30)/b23-17+. The van der Waals surface area contributed by atoms with Gasteiger partial charge >= 0.3 is 0 Å². The van der Waals surface area contributed by atoms with Crippen molar-refractivity contribution in [1.29, 1.82) is 0 Å². The van der Waals surface area contributed by atoms with Gasteiger partial charge in [0.05, 0.1) is 5.57 Å². The van der Waals surface area contributed by atoms with Gasteiger partial charge in [-0.1, -0.05) is 30.3 Å². The van der Waals surface area contributed by atoms with E-state index in [1.807, 2.05) is 30.3 Å². The second-order valence-electron chi connectivity index (χ2n) is 6.85. The summed E-state index contributed by atoms with van der Waals surface area (Å²) in [6.07, 6.45) is 0. The number of carbonyl (C=O) groups excluding carboxylic acids is 2. The van der Waals surface area contributed by atoms with Crippen LogP contribution < -0.4 is 10.6 Å². The fourth-order valence-corrected chi connectivity index (χ4v) is 2.94. The molecule has 0 aliphatic heterocycles. The molecule has 3 rings (SSSR count). The quantitative estimate of drug-likeness (QED) is 0.429. The van der Waals surface area contributed by atoms with Gasteiger partial charge in [0, 0.05) is 23.9 Å². The van der Waals surface area contributed by atoms with Gasteiger partial charge in [0.2, 0.25) is 5.91 Å². The average Bonchev–Trinajstić information content (AvgIpc) is 2.80. The minimum absolute atomic E-state index is 0.239. The summed E-state index contributed by atoms with van der Waals surface area (Å²) in [7, 11) is 1.56. The second-order valence-corrected chi connectivity index (χ2v) is 6.85. The third kappa shape index (κ3) is 5.79. The lowest BCUT2D eigenvalue weighted by atomic mass is 10.1. The summed E-state index contributed by atoms with van der Waals surface area (Å²) in [6.45, 7) is 2.01. The molecule has 5 nitrogen and oxygen atoms in total. The topological polar surface area (TPSA) is 67.4 Å². The van der Waals surface area contributed by atoms with Crippen molar-refractivity contribution in [3.63, 3.8) is 0 Å². The zero-order valence-corrected chi connectivity index (χ0v) is 17.3. The Kier molecular flexibility index (Phi) is 7.17. The van der Waals surface area contributed by atoms with Gasteiger partial charge in [-0.05, 0) is 61.0 Å². The highest BCUT2D eigenvalue weighted by molar-refractivity contribution is 6.04. The molecule has 0 spiro atoms. The molecule has 0 heterocycles. The van der Waals surface area contributed by atoms with Crippen molar-refractivity contribution in [3.8, 4) is 0 Å². The van der Waals surface area contributed by atoms with E-state index in [1.54, 1.807) is 38.2 Å². The van der Waals surface area contributed by atoms with E-state index in [1.165, 1.54) is 24.3 Å². The highest BCUT2D eigenvalue weighted by Gasteiger charge is 2.14. The van der Waals surface area contributed by atoms with Crippen LogP contribution in [-0.2, 0) is 16.1 Å². The number of hydrogen-bond donors (Lipinski definition) is 2. The summed E-state index contributed by atoms with van der Waals surface area (Å²) in [4.78, 5) is 24.5. The first kappa shape index (κ1) is 21.8. The number of likely N-dealkylation sites (N-methyl/N-ethyl adjacent to an activating group) is 1. The molecule has 0 unspecified atom stereocenters. The van der Waals surface area contributed by atoms with Crippen LogP contribution in [0.3, 0.4) is 0 Å². The predicted octanol–water partition coefficient (Wildman–Crippen LogP) is 4.77. The predicted molar refractivity (Wildman–Crippen MR) is 119 cm³/mol. The maximum Gasteiger partial charge on any atom is 0.255 e. The molecule has 0 radical (unpaired) electrons. The van der Waals surface area contributed by atoms with Crippen LogP contribution in [-0.4, -0.2) is 18.9 Å². The van der Waals surface area contributed by atoms with Gasteiger partial charge in [-0.15, -0.1) is 0 Å². The first-order valence-corrected chi connectivity index (χ1v) is 9.75. The summed E-state index contributed by atoms with van der Waals surface area (Å²) >= 11 is 0. The first-order chi connectivity index (χ1) is 15.0. The normalized spacial score (nSPS) is 11.3. The van der Waals surface area contributed by atoms with Crippen molar-refractivity contribution in [1.82, 2.24) is 5.32 Å². The summed E-state index contributed by atoms with van der Waals surface area (Å²) in [5.74, 6) is -0.524. The van der Waals surface area contributed by atoms with E-state index >= 15 is 0 Å². The molecule has 0 aliphatic rings. The van der Waals surface area contributed by atoms with E-state index in [2.05, 4.69) is 10.6 Å². The zero-order chi connectivity index (χ0) is 22.2. The smallest absolute Gasteiger partial charge is 0.255 e. The lowest BCUT2D eigenvalue weighted by Crippen LogP contribution is -2.20. The molecular formula is C25H23FN2O3. The van der Waals surface area contributed by atoms with Crippen LogP contribution in [0.5, 0.6) is 0 Å². The fraction of sp³-hybridized carbons (Fsp3) is 0.120. The summed E-state index contributed by atoms with van der Waals surface area (Å²) in [6, 6.07) is 22.0. The van der Waals surface area contributed by atoms with Crippen molar-refractivity contribution < 1.29 is 18.7 Å². The number of nitrogens with one attached hydrogen (secondary N) is 2. The third-order valence-corrected chi connectivity index (χ3v) is 4.65. The maximum atomic E-state index is 13.0. The number of anilines is 1. The van der Waals surface area contributed by atoms with E-state index in [0.29, 0.717) is 34.8 Å². The van der Waals surface area contributed by atoms with E-state index in [9.17, 15) is 14.0 Å². The summed E-state index contributed by atoms with van der Waals surface area (Å²) in [5.41, 5.74) is 3.05. The summed E-state index contributed by atoms with van der Waals surface area (Å²) in [5, 5.41) is 5.38. The monoisotopic (exact) mass is 418 g/mol. The van der Waals surface area contributed by atoms with E-state index in [0.717, 1.165) is 5.56 Å². The Morgan fingerprint density at radius 1 is 0.871 bits per heavy atom. The second kappa shape index (κ2) is 10.2. The van der Waals surface area contributed by atoms with Crippen molar-refractivity contribution in [2.45, 2.75) is 13.5 Å². The van der Waals surface area contributed by atoms with Gasteiger partial charge < -0.3 is 15.4 Å². The van der Waals surface area contributed by atoms with E-state index in [-0.39, 0.29) is 11.8 Å². The highest BCUT2D eigenvalue weighted by Crippen LogP contribution is 2.24. The molecule has 2 N–H and O–H groups in total. The molecule has 0 aromatic heterocycles. The molecule has 0 aliphatic carbocycles. The molecule has 158 valence electrons. The molecule has 3 aromatic rings. The highest BCUT2D eigenvalue weighted by atomic mass is 19.1. The van der Waals surface area contributed by atoms with Crippen LogP contribution in [0.4, 0.5) is 10.1 Å². The summed E-state index contributed by atoms with van der Waals surface area (Å²) < 4.78 is 19.0. The van der Waals surface area contributed by atoms with Crippen molar-refractivity contribution in [2.75, 3.05) is 12.4 Å². The lowest BCUT2D eigenvalue weighted by molar-refractivity contribution is -0.117. The van der Waals surface area contributed by atoms with Crippen LogP contribution in [0, 0.1) is 5.82 Å². The van der Waals surface area contributed by atoms with Crippen LogP contribution in [0.2, 0.25) is 0 Å². The minimum Gasteiger partial charge on any atom is -0.488 e. The number of ether oxygens (including phenoxy) is 1. The number of hydrogen-bond acceptors (Lipinski definition) is 3. The average molecular weight is 418 g/mol. The van der Waals surface area contributed by atoms with Crippen LogP contribution >= 0.6 is 0 Å². The molecule has 3 aromatic carbocycles. The van der Waals surface area contributed by atoms with Crippen molar-refractivity contribution in [2.24, 2.45) is 0 Å². The Morgan fingerprint density at radius 3 is 2.10 bits per heavy atom. The molecule has 0 saturated heterocycles. The third-order valence-electron chi connectivity index (χ3n) is 4.65. The Bertz CT molecular complexity index is 1080. The molecule has 6 heteroatoms. The first-order valence-electron chi connectivity index (χ1n) is 9.75. The Hall–Kier alpha value is -3.93. The minimum atomic E-state index is -0.401. The Balaban J connectivity index is 1.78. The number of rotatable bonds is 7. The van der Waals surface area contributed by atoms with E-state index < -0.39 is 5.82 Å². The largest absolute Gasteiger partial charge is 0.488 e. The number of halogens is 1. The van der Waals surface area contributed by atoms with Gasteiger partial charge in [0.25, 0.3) is 5.91 Å². The van der Waals surface area contributed by atoms with Crippen molar-refractivity contribution in [3.05, 3.63) is 107 Å². The SMILES string of the molecule is CNC(=O)/C(C)=C(/OCc1ccccc1)c1ccc(NC(=O)c2ccc(F)cc2)cc1. The fourth-order valence-electron chi connectivity index (χ4n) is 2.94. The molecule has 0 saturated carbocycles. The Morgan fingerprint density at radius 2 is 1.48 bits per heavy atom. The molecule has 0 atom stereocenters. The number of carbonyl (C=O) groups is 2. The molecule has 31 heavy (non-hydrogen) atoms. The van der Waals surface area contributed by atoms with Gasteiger partial charge in [0.1, 0.15) is 18.2 Å². The van der Waals surface area contributed by atoms with Crippen LogP contribution in [0.1, 0.15) is 28.4 Å². The number of amides is 2. The van der Waals surface area contributed by atoms with Gasteiger partial charge in [-0.2, -0.15) is 0 Å². The van der Waals surface area contributed by atoms with Gasteiger partial charge in [-0.3, -0.25) is 9.59 Å². The Labute approximate surface area is 180 Å². The molecule has 0 fully saturated rings. The molecule has 2 amide bonds. The van der Waals surface area contributed by atoms with Crippen LogP contribution in [0.25, 0.3) is 5.76 Å². The lowest BCUT2D eigenvalue weighted by Gasteiger charge is -2.15. The van der Waals surface area contributed by atoms with Gasteiger partial charge in [-0.25, -0.2) is 4.39 Å². The zero-order valence-electron chi connectivity index (χ0n) is 17.3. The van der Waals surface area contributed by atoms with E-state index in [4.69, 9.17) is 4.74 Å². The maximum absolute atomic E-state index is 13.0. The van der Waals surface area contributed by atoms with Crippen molar-refractivity contribution >= 4 is 23.3 Å². The van der Waals surface area contributed by atoms with Gasteiger partial charge in [0.15, 0.2) is 0 Å².